The van der Waals surface area contributed by atoms with Crippen molar-refractivity contribution in [3.63, 3.8) is 0 Å². The van der Waals surface area contributed by atoms with Gasteiger partial charge in [0, 0.05) is 13.1 Å². The van der Waals surface area contributed by atoms with E-state index in [2.05, 4.69) is 5.32 Å². The van der Waals surface area contributed by atoms with Crippen LogP contribution < -0.4 is 10.1 Å². The molecule has 0 bridgehead atoms. The van der Waals surface area contributed by atoms with E-state index < -0.39 is 0 Å². The number of nitrogens with zero attached hydrogens (tertiary/aromatic N) is 1. The van der Waals surface area contributed by atoms with Gasteiger partial charge in [0.15, 0.2) is 0 Å². The van der Waals surface area contributed by atoms with Crippen LogP contribution in [0.3, 0.4) is 0 Å². The Hall–Kier alpha value is -1.59. The van der Waals surface area contributed by atoms with Gasteiger partial charge in [-0.25, -0.2) is 0 Å². The van der Waals surface area contributed by atoms with E-state index in [4.69, 9.17) is 9.47 Å². The molecule has 1 amide bonds. The average Bonchev–Trinajstić information content (AvgIpc) is 2.97. The van der Waals surface area contributed by atoms with E-state index in [1.54, 1.807) is 0 Å². The van der Waals surface area contributed by atoms with Crippen LogP contribution in [-0.2, 0) is 9.53 Å². The first-order valence-corrected chi connectivity index (χ1v) is 7.47. The van der Waals surface area contributed by atoms with Gasteiger partial charge in [-0.05, 0) is 38.1 Å². The van der Waals surface area contributed by atoms with Crippen LogP contribution in [0.1, 0.15) is 6.42 Å². The smallest absolute Gasteiger partial charge is 0.248 e. The van der Waals surface area contributed by atoms with Crippen LogP contribution in [0.25, 0.3) is 0 Å². The Bertz CT molecular complexity index is 425. The van der Waals surface area contributed by atoms with Gasteiger partial charge in [-0.3, -0.25) is 4.79 Å². The maximum atomic E-state index is 12.0. The van der Waals surface area contributed by atoms with Gasteiger partial charge in [0.1, 0.15) is 19.0 Å². The first kappa shape index (κ1) is 15.8. The zero-order chi connectivity index (χ0) is 14.9. The van der Waals surface area contributed by atoms with Crippen LogP contribution in [0.15, 0.2) is 30.3 Å². The van der Waals surface area contributed by atoms with Crippen molar-refractivity contribution in [2.75, 3.05) is 46.5 Å². The number of nitrogens with one attached hydrogen (secondary N) is 1. The molecule has 2 rings (SSSR count). The highest BCUT2D eigenvalue weighted by atomic mass is 16.5. The number of benzene rings is 1. The van der Waals surface area contributed by atoms with Gasteiger partial charge < -0.3 is 19.7 Å². The lowest BCUT2D eigenvalue weighted by Crippen LogP contribution is -2.33. The molecule has 1 aromatic rings. The zero-order valence-corrected chi connectivity index (χ0v) is 12.6. The Morgan fingerprint density at radius 3 is 2.90 bits per heavy atom. The molecule has 5 heteroatoms. The molecule has 5 nitrogen and oxygen atoms in total. The van der Waals surface area contributed by atoms with E-state index in [1.165, 1.54) is 0 Å². The van der Waals surface area contributed by atoms with E-state index in [0.717, 1.165) is 31.8 Å². The Morgan fingerprint density at radius 2 is 2.14 bits per heavy atom. The lowest BCUT2D eigenvalue weighted by atomic mass is 10.1. The Balaban J connectivity index is 1.55. The Kier molecular flexibility index (Phi) is 6.50. The molecule has 0 spiro atoms. The van der Waals surface area contributed by atoms with Gasteiger partial charge in [-0.15, -0.1) is 0 Å². The third-order valence-corrected chi connectivity index (χ3v) is 3.60. The summed E-state index contributed by atoms with van der Waals surface area (Å²) in [6.07, 6.45) is 1.07. The van der Waals surface area contributed by atoms with Gasteiger partial charge in [-0.2, -0.15) is 0 Å². The number of para-hydroxylation sites is 1. The van der Waals surface area contributed by atoms with Crippen LogP contribution in [0.4, 0.5) is 0 Å². The number of likely N-dealkylation sites (tertiary alicyclic amines) is 1. The number of rotatable bonds is 8. The normalized spacial score (nSPS) is 18.0. The van der Waals surface area contributed by atoms with Crippen LogP contribution in [-0.4, -0.2) is 57.3 Å². The van der Waals surface area contributed by atoms with Gasteiger partial charge in [0.05, 0.1) is 6.61 Å². The van der Waals surface area contributed by atoms with Crippen molar-refractivity contribution in [2.24, 2.45) is 5.92 Å². The average molecular weight is 292 g/mol. The topological polar surface area (TPSA) is 50.8 Å². The van der Waals surface area contributed by atoms with Crippen LogP contribution in [0.5, 0.6) is 5.75 Å². The van der Waals surface area contributed by atoms with Crippen molar-refractivity contribution in [1.29, 1.82) is 0 Å². The highest BCUT2D eigenvalue weighted by molar-refractivity contribution is 5.77. The molecule has 1 aromatic carbocycles. The molecule has 1 unspecified atom stereocenters. The first-order chi connectivity index (χ1) is 10.3. The molecular formula is C16H24N2O3. The third kappa shape index (κ3) is 5.36. The van der Waals surface area contributed by atoms with Crippen molar-refractivity contribution in [3.05, 3.63) is 30.3 Å². The molecule has 21 heavy (non-hydrogen) atoms. The second-order valence-corrected chi connectivity index (χ2v) is 5.27. The van der Waals surface area contributed by atoms with E-state index in [-0.39, 0.29) is 12.5 Å². The number of ether oxygens (including phenoxy) is 2. The van der Waals surface area contributed by atoms with Crippen molar-refractivity contribution in [2.45, 2.75) is 6.42 Å². The van der Waals surface area contributed by atoms with Gasteiger partial charge in [0.2, 0.25) is 5.91 Å². The number of hydrogen-bond donors (Lipinski definition) is 1. The summed E-state index contributed by atoms with van der Waals surface area (Å²) in [5.74, 6) is 1.47. The number of hydrogen-bond acceptors (Lipinski definition) is 4. The largest absolute Gasteiger partial charge is 0.491 e. The standard InChI is InChI=1S/C16H24N2O3/c1-17-11-14-7-8-18(12-14)16(19)13-20-9-10-21-15-5-3-2-4-6-15/h2-6,14,17H,7-13H2,1H3. The molecule has 1 aliphatic heterocycles. The van der Waals surface area contributed by atoms with Crippen LogP contribution >= 0.6 is 0 Å². The monoisotopic (exact) mass is 292 g/mol. The lowest BCUT2D eigenvalue weighted by Gasteiger charge is -2.16. The summed E-state index contributed by atoms with van der Waals surface area (Å²) < 4.78 is 10.9. The molecule has 0 aliphatic carbocycles. The van der Waals surface area contributed by atoms with E-state index in [9.17, 15) is 4.79 Å². The zero-order valence-electron chi connectivity index (χ0n) is 12.6. The third-order valence-electron chi connectivity index (χ3n) is 3.60. The molecule has 0 saturated carbocycles. The highest BCUT2D eigenvalue weighted by Gasteiger charge is 2.25. The highest BCUT2D eigenvalue weighted by Crippen LogP contribution is 2.15. The van der Waals surface area contributed by atoms with Crippen molar-refractivity contribution >= 4 is 5.91 Å². The summed E-state index contributed by atoms with van der Waals surface area (Å²) in [5.41, 5.74) is 0. The molecule has 1 N–H and O–H groups in total. The van der Waals surface area contributed by atoms with E-state index in [0.29, 0.717) is 19.1 Å². The second kappa shape index (κ2) is 8.64. The summed E-state index contributed by atoms with van der Waals surface area (Å²) >= 11 is 0. The van der Waals surface area contributed by atoms with Crippen LogP contribution in [0.2, 0.25) is 0 Å². The molecule has 1 aliphatic rings. The number of carbonyl (C=O) groups excluding carboxylic acids is 1. The second-order valence-electron chi connectivity index (χ2n) is 5.27. The summed E-state index contributed by atoms with van der Waals surface area (Å²) in [4.78, 5) is 13.9. The fourth-order valence-corrected chi connectivity index (χ4v) is 2.50. The minimum Gasteiger partial charge on any atom is -0.491 e. The molecule has 1 fully saturated rings. The SMILES string of the molecule is CNCC1CCN(C(=O)COCCOc2ccccc2)C1. The molecule has 1 saturated heterocycles. The first-order valence-electron chi connectivity index (χ1n) is 7.47. The van der Waals surface area contributed by atoms with E-state index >= 15 is 0 Å². The predicted molar refractivity (Wildman–Crippen MR) is 81.4 cm³/mol. The summed E-state index contributed by atoms with van der Waals surface area (Å²) in [6.45, 7) is 3.67. The van der Waals surface area contributed by atoms with Gasteiger partial charge >= 0.3 is 0 Å². The summed E-state index contributed by atoms with van der Waals surface area (Å²) in [5, 5.41) is 3.16. The number of amides is 1. The summed E-state index contributed by atoms with van der Waals surface area (Å²) in [6, 6.07) is 9.59. The minimum atomic E-state index is 0.0771. The van der Waals surface area contributed by atoms with Crippen molar-refractivity contribution in [1.82, 2.24) is 10.2 Å². The molecule has 0 radical (unpaired) electrons. The fraction of sp³-hybridized carbons (Fsp3) is 0.562. The Morgan fingerprint density at radius 1 is 1.33 bits per heavy atom. The Labute approximate surface area is 126 Å². The maximum Gasteiger partial charge on any atom is 0.248 e. The summed E-state index contributed by atoms with van der Waals surface area (Å²) in [7, 11) is 1.94. The lowest BCUT2D eigenvalue weighted by molar-refractivity contribution is -0.135. The fourth-order valence-electron chi connectivity index (χ4n) is 2.50. The van der Waals surface area contributed by atoms with Crippen molar-refractivity contribution < 1.29 is 14.3 Å². The van der Waals surface area contributed by atoms with Gasteiger partial charge in [0.25, 0.3) is 0 Å². The molecule has 1 heterocycles. The van der Waals surface area contributed by atoms with Crippen molar-refractivity contribution in [3.8, 4) is 5.75 Å². The minimum absolute atomic E-state index is 0.0771. The number of carbonyl (C=O) groups is 1. The maximum absolute atomic E-state index is 12.0. The molecule has 0 aromatic heterocycles. The van der Waals surface area contributed by atoms with Gasteiger partial charge in [-0.1, -0.05) is 18.2 Å². The molecule has 1 atom stereocenters. The molecule has 116 valence electrons. The molecular weight excluding hydrogens is 268 g/mol. The van der Waals surface area contributed by atoms with E-state index in [1.807, 2.05) is 42.3 Å². The quantitative estimate of drug-likeness (QED) is 0.730. The van der Waals surface area contributed by atoms with Crippen LogP contribution in [0, 0.1) is 5.92 Å². The predicted octanol–water partition coefficient (Wildman–Crippen LogP) is 1.15.